The van der Waals surface area contributed by atoms with E-state index in [2.05, 4.69) is 4.90 Å². The van der Waals surface area contributed by atoms with Crippen LogP contribution < -0.4 is 11.4 Å². The lowest BCUT2D eigenvalue weighted by Gasteiger charge is -2.18. The fraction of sp³-hybridized carbons (Fsp3) is 0.364. The summed E-state index contributed by atoms with van der Waals surface area (Å²) in [5.74, 6) is -0.981. The van der Waals surface area contributed by atoms with Crippen molar-refractivity contribution in [3.63, 3.8) is 0 Å². The number of carbonyl (C=O) groups excluding carboxylic acids is 1. The maximum absolute atomic E-state index is 14.0. The Hall–Kier alpha value is -3.07. The topological polar surface area (TPSA) is 73.3 Å². The number of carbonyl (C=O) groups is 1. The maximum Gasteiger partial charge on any atom is 0.418 e. The first kappa shape index (κ1) is 22.6. The molecule has 0 unspecified atom stereocenters. The minimum absolute atomic E-state index is 0.0204. The lowest BCUT2D eigenvalue weighted by atomic mass is 10.1. The highest BCUT2D eigenvalue weighted by molar-refractivity contribution is 5.97. The van der Waals surface area contributed by atoms with E-state index in [-0.39, 0.29) is 29.7 Å². The van der Waals surface area contributed by atoms with Crippen molar-refractivity contribution >= 4 is 16.9 Å². The summed E-state index contributed by atoms with van der Waals surface area (Å²) in [6.45, 7) is 6.09. The Bertz CT molecular complexity index is 1130. The molecule has 0 saturated heterocycles. The maximum atomic E-state index is 14.0. The van der Waals surface area contributed by atoms with E-state index < -0.39 is 23.3 Å². The predicted octanol–water partition coefficient (Wildman–Crippen LogP) is 3.31. The van der Waals surface area contributed by atoms with Gasteiger partial charge >= 0.3 is 11.9 Å². The molecule has 0 aliphatic carbocycles. The second-order valence-electron chi connectivity index (χ2n) is 7.29. The van der Waals surface area contributed by atoms with Gasteiger partial charge in [-0.05, 0) is 30.8 Å². The molecule has 2 N–H and O–H groups in total. The van der Waals surface area contributed by atoms with Crippen LogP contribution in [-0.2, 0) is 19.3 Å². The van der Waals surface area contributed by atoms with Gasteiger partial charge in [0.1, 0.15) is 0 Å². The SMILES string of the molecule is CCN(CC)CCn1c(=O)n(Cc2ccccc2)c2c(C(F)(F)F)cc(C(N)=O)cc21. The molecule has 1 aromatic heterocycles. The molecule has 0 aliphatic rings. The van der Waals surface area contributed by atoms with Gasteiger partial charge in [0.2, 0.25) is 5.91 Å². The summed E-state index contributed by atoms with van der Waals surface area (Å²) in [6.07, 6.45) is -4.76. The number of rotatable bonds is 8. The van der Waals surface area contributed by atoms with Gasteiger partial charge in [0.05, 0.1) is 23.1 Å². The summed E-state index contributed by atoms with van der Waals surface area (Å²) in [4.78, 5) is 27.1. The van der Waals surface area contributed by atoms with Crippen molar-refractivity contribution < 1.29 is 18.0 Å². The molecule has 166 valence electrons. The first-order chi connectivity index (χ1) is 14.7. The highest BCUT2D eigenvalue weighted by Crippen LogP contribution is 2.36. The van der Waals surface area contributed by atoms with E-state index in [1.165, 1.54) is 10.6 Å². The van der Waals surface area contributed by atoms with Crippen LogP contribution in [0.5, 0.6) is 0 Å². The van der Waals surface area contributed by atoms with Crippen LogP contribution in [0.15, 0.2) is 47.3 Å². The van der Waals surface area contributed by atoms with E-state index in [1.54, 1.807) is 30.3 Å². The zero-order valence-electron chi connectivity index (χ0n) is 17.4. The Balaban J connectivity index is 2.29. The molecule has 2 aromatic carbocycles. The van der Waals surface area contributed by atoms with Crippen molar-refractivity contribution in [2.45, 2.75) is 33.1 Å². The van der Waals surface area contributed by atoms with Crippen LogP contribution in [0.4, 0.5) is 13.2 Å². The molecule has 3 aromatic rings. The molecule has 1 amide bonds. The molecule has 0 radical (unpaired) electrons. The van der Waals surface area contributed by atoms with Crippen LogP contribution in [0.2, 0.25) is 0 Å². The van der Waals surface area contributed by atoms with Crippen molar-refractivity contribution in [2.24, 2.45) is 5.73 Å². The van der Waals surface area contributed by atoms with Crippen LogP contribution in [0, 0.1) is 0 Å². The van der Waals surface area contributed by atoms with Gasteiger partial charge in [-0.1, -0.05) is 44.2 Å². The fourth-order valence-electron chi connectivity index (χ4n) is 3.72. The number of likely N-dealkylation sites (N-methyl/N-ethyl adjacent to an activating group) is 1. The zero-order chi connectivity index (χ0) is 22.8. The molecule has 0 fully saturated rings. The lowest BCUT2D eigenvalue weighted by Crippen LogP contribution is -2.32. The molecule has 0 saturated carbocycles. The average molecular weight is 434 g/mol. The van der Waals surface area contributed by atoms with E-state index in [0.717, 1.165) is 23.7 Å². The first-order valence-corrected chi connectivity index (χ1v) is 10.1. The number of imidazole rings is 1. The molecular weight excluding hydrogens is 409 g/mol. The quantitative estimate of drug-likeness (QED) is 0.591. The largest absolute Gasteiger partial charge is 0.418 e. The lowest BCUT2D eigenvalue weighted by molar-refractivity contribution is -0.136. The van der Waals surface area contributed by atoms with Crippen LogP contribution in [0.1, 0.15) is 35.3 Å². The van der Waals surface area contributed by atoms with E-state index in [1.807, 2.05) is 13.8 Å². The number of aromatic nitrogens is 2. The smallest absolute Gasteiger partial charge is 0.366 e. The van der Waals surface area contributed by atoms with Crippen molar-refractivity contribution in [3.8, 4) is 0 Å². The minimum Gasteiger partial charge on any atom is -0.366 e. The molecule has 9 heteroatoms. The highest BCUT2D eigenvalue weighted by atomic mass is 19.4. The molecule has 0 aliphatic heterocycles. The summed E-state index contributed by atoms with van der Waals surface area (Å²) in [5, 5.41) is 0. The Kier molecular flexibility index (Phi) is 6.54. The molecule has 0 spiro atoms. The Morgan fingerprint density at radius 2 is 1.71 bits per heavy atom. The second-order valence-corrected chi connectivity index (χ2v) is 7.29. The van der Waals surface area contributed by atoms with Gasteiger partial charge in [-0.3, -0.25) is 13.9 Å². The Morgan fingerprint density at radius 3 is 2.26 bits per heavy atom. The van der Waals surface area contributed by atoms with Crippen LogP contribution >= 0.6 is 0 Å². The molecule has 0 bridgehead atoms. The summed E-state index contributed by atoms with van der Waals surface area (Å²) < 4.78 is 44.3. The van der Waals surface area contributed by atoms with Crippen LogP contribution in [0.25, 0.3) is 11.0 Å². The number of hydrogen-bond acceptors (Lipinski definition) is 3. The number of benzene rings is 2. The number of hydrogen-bond donors (Lipinski definition) is 1. The van der Waals surface area contributed by atoms with Gasteiger partial charge < -0.3 is 10.6 Å². The third-order valence-electron chi connectivity index (χ3n) is 5.42. The number of fused-ring (bicyclic) bond motifs is 1. The number of primary amides is 1. The van der Waals surface area contributed by atoms with Gasteiger partial charge in [0, 0.05) is 18.7 Å². The number of amides is 1. The van der Waals surface area contributed by atoms with E-state index in [4.69, 9.17) is 5.73 Å². The third kappa shape index (κ3) is 4.66. The van der Waals surface area contributed by atoms with Crippen LogP contribution in [0.3, 0.4) is 0 Å². The Morgan fingerprint density at radius 1 is 1.06 bits per heavy atom. The second kappa shape index (κ2) is 8.97. The van der Waals surface area contributed by atoms with Crippen molar-refractivity contribution in [2.75, 3.05) is 19.6 Å². The predicted molar refractivity (Wildman–Crippen MR) is 113 cm³/mol. The first-order valence-electron chi connectivity index (χ1n) is 10.1. The highest BCUT2D eigenvalue weighted by Gasteiger charge is 2.36. The van der Waals surface area contributed by atoms with Gasteiger partial charge in [-0.2, -0.15) is 13.2 Å². The van der Waals surface area contributed by atoms with Crippen molar-refractivity contribution in [3.05, 3.63) is 69.6 Å². The van der Waals surface area contributed by atoms with Gasteiger partial charge in [0.15, 0.2) is 0 Å². The van der Waals surface area contributed by atoms with Crippen LogP contribution in [-0.4, -0.2) is 39.6 Å². The molecule has 31 heavy (non-hydrogen) atoms. The number of nitrogens with two attached hydrogens (primary N) is 1. The monoisotopic (exact) mass is 434 g/mol. The number of nitrogens with zero attached hydrogens (tertiary/aromatic N) is 3. The third-order valence-corrected chi connectivity index (χ3v) is 5.42. The zero-order valence-corrected chi connectivity index (χ0v) is 17.4. The summed E-state index contributed by atoms with van der Waals surface area (Å²) in [7, 11) is 0. The van der Waals surface area contributed by atoms with Crippen molar-refractivity contribution in [1.82, 2.24) is 14.0 Å². The van der Waals surface area contributed by atoms with E-state index in [0.29, 0.717) is 12.1 Å². The van der Waals surface area contributed by atoms with E-state index >= 15 is 0 Å². The van der Waals surface area contributed by atoms with Gasteiger partial charge in [-0.15, -0.1) is 0 Å². The normalized spacial score (nSPS) is 12.1. The summed E-state index contributed by atoms with van der Waals surface area (Å²) in [6, 6.07) is 10.8. The standard InChI is InChI=1S/C22H25F3N4O2/c1-3-27(4-2)10-11-28-18-13-16(20(26)30)12-17(22(23,24)25)19(18)29(21(28)31)14-15-8-6-5-7-9-15/h5-9,12-13H,3-4,10-11,14H2,1-2H3,(H2,26,30). The summed E-state index contributed by atoms with van der Waals surface area (Å²) >= 11 is 0. The fourth-order valence-corrected chi connectivity index (χ4v) is 3.72. The molecule has 6 nitrogen and oxygen atoms in total. The average Bonchev–Trinajstić information content (AvgIpc) is 2.99. The minimum atomic E-state index is -4.76. The number of halogens is 3. The molecule has 0 atom stereocenters. The number of alkyl halides is 3. The Labute approximate surface area is 177 Å². The van der Waals surface area contributed by atoms with E-state index in [9.17, 15) is 22.8 Å². The molecular formula is C22H25F3N4O2. The molecule has 1 heterocycles. The van der Waals surface area contributed by atoms with Crippen molar-refractivity contribution in [1.29, 1.82) is 0 Å². The van der Waals surface area contributed by atoms with Gasteiger partial charge in [-0.25, -0.2) is 4.79 Å². The summed E-state index contributed by atoms with van der Waals surface area (Å²) in [5.41, 5.74) is 3.90. The molecule has 3 rings (SSSR count). The van der Waals surface area contributed by atoms with Gasteiger partial charge in [0.25, 0.3) is 0 Å².